The minimum Gasteiger partial charge on any atom is -0.341 e. The second kappa shape index (κ2) is 5.74. The first-order valence-corrected chi connectivity index (χ1v) is 5.35. The highest BCUT2D eigenvalue weighted by atomic mass is 35.5. The Morgan fingerprint density at radius 2 is 2.12 bits per heavy atom. The molecule has 0 atom stereocenters. The number of carbonyl (C=O) groups is 1. The van der Waals surface area contributed by atoms with Crippen LogP contribution in [0.4, 0.5) is 0 Å². The summed E-state index contributed by atoms with van der Waals surface area (Å²) in [5, 5.41) is 9.34. The van der Waals surface area contributed by atoms with Crippen LogP contribution in [0.3, 0.4) is 0 Å². The van der Waals surface area contributed by atoms with E-state index < -0.39 is 0 Å². The van der Waals surface area contributed by atoms with Crippen LogP contribution in [0.1, 0.15) is 12.0 Å². The number of hydrogen-bond donors (Lipinski definition) is 0. The van der Waals surface area contributed by atoms with Gasteiger partial charge in [0.05, 0.1) is 16.1 Å². The highest BCUT2D eigenvalue weighted by Gasteiger charge is 2.09. The molecule has 5 heteroatoms. The molecule has 0 fully saturated rings. The summed E-state index contributed by atoms with van der Waals surface area (Å²) < 4.78 is 0. The lowest BCUT2D eigenvalue weighted by molar-refractivity contribution is -0.129. The maximum absolute atomic E-state index is 11.3. The van der Waals surface area contributed by atoms with Crippen LogP contribution in [0.2, 0.25) is 10.0 Å². The number of hydrogen-bond acceptors (Lipinski definition) is 2. The molecule has 0 N–H and O–H groups in total. The first kappa shape index (κ1) is 12.8. The number of carbonyl (C=O) groups excluding carboxylic acids is 1. The van der Waals surface area contributed by atoms with E-state index in [0.717, 1.165) is 5.56 Å². The molecule has 0 unspecified atom stereocenters. The molecular formula is C11H10Cl2N2O. The van der Waals surface area contributed by atoms with Gasteiger partial charge in [-0.15, -0.1) is 0 Å². The van der Waals surface area contributed by atoms with Crippen LogP contribution in [0.25, 0.3) is 0 Å². The van der Waals surface area contributed by atoms with Crippen LogP contribution in [0.5, 0.6) is 0 Å². The summed E-state index contributed by atoms with van der Waals surface area (Å²) in [6, 6.07) is 7.00. The second-order valence-electron chi connectivity index (χ2n) is 3.33. The van der Waals surface area contributed by atoms with E-state index >= 15 is 0 Å². The van der Waals surface area contributed by atoms with Gasteiger partial charge in [-0.25, -0.2) is 0 Å². The fraction of sp³-hybridized carbons (Fsp3) is 0.273. The fourth-order valence-electron chi connectivity index (χ4n) is 1.20. The first-order valence-electron chi connectivity index (χ1n) is 4.59. The molecule has 0 heterocycles. The summed E-state index contributed by atoms with van der Waals surface area (Å²) >= 11 is 11.6. The van der Waals surface area contributed by atoms with E-state index in [4.69, 9.17) is 28.5 Å². The SMILES string of the molecule is CN(Cc1ccc(Cl)c(Cl)c1)C(=O)CC#N. The Bertz CT molecular complexity index is 440. The lowest BCUT2D eigenvalue weighted by Gasteiger charge is -2.15. The van der Waals surface area contributed by atoms with Gasteiger partial charge in [-0.1, -0.05) is 29.3 Å². The van der Waals surface area contributed by atoms with Gasteiger partial charge >= 0.3 is 0 Å². The minimum absolute atomic E-state index is 0.113. The minimum atomic E-state index is -0.214. The summed E-state index contributed by atoms with van der Waals surface area (Å²) in [5.41, 5.74) is 0.878. The van der Waals surface area contributed by atoms with Crippen molar-refractivity contribution < 1.29 is 4.79 Å². The molecule has 3 nitrogen and oxygen atoms in total. The largest absolute Gasteiger partial charge is 0.341 e. The predicted molar refractivity (Wildman–Crippen MR) is 63.2 cm³/mol. The molecule has 1 rings (SSSR count). The Morgan fingerprint density at radius 3 is 2.69 bits per heavy atom. The average Bonchev–Trinajstić information content (AvgIpc) is 2.24. The van der Waals surface area contributed by atoms with Crippen LogP contribution >= 0.6 is 23.2 Å². The lowest BCUT2D eigenvalue weighted by Crippen LogP contribution is -2.25. The highest BCUT2D eigenvalue weighted by molar-refractivity contribution is 6.42. The molecular weight excluding hydrogens is 247 g/mol. The fourth-order valence-corrected chi connectivity index (χ4v) is 1.52. The number of nitrogens with zero attached hydrogens (tertiary/aromatic N) is 2. The third-order valence-electron chi connectivity index (χ3n) is 2.06. The lowest BCUT2D eigenvalue weighted by atomic mass is 10.2. The van der Waals surface area contributed by atoms with E-state index in [1.807, 2.05) is 6.07 Å². The van der Waals surface area contributed by atoms with Crippen molar-refractivity contribution in [2.75, 3.05) is 7.05 Å². The molecule has 1 aromatic carbocycles. The summed E-state index contributed by atoms with van der Waals surface area (Å²) in [6.07, 6.45) is -0.113. The maximum atomic E-state index is 11.3. The van der Waals surface area contributed by atoms with E-state index in [9.17, 15) is 4.79 Å². The van der Waals surface area contributed by atoms with Gasteiger partial charge in [-0.3, -0.25) is 4.79 Å². The van der Waals surface area contributed by atoms with Gasteiger partial charge in [0.1, 0.15) is 6.42 Å². The Morgan fingerprint density at radius 1 is 1.44 bits per heavy atom. The second-order valence-corrected chi connectivity index (χ2v) is 4.15. The van der Waals surface area contributed by atoms with Gasteiger partial charge < -0.3 is 4.90 Å². The predicted octanol–water partition coefficient (Wildman–Crippen LogP) is 2.87. The zero-order valence-electron chi connectivity index (χ0n) is 8.70. The number of nitriles is 1. The van der Waals surface area contributed by atoms with Crippen molar-refractivity contribution in [1.82, 2.24) is 4.90 Å². The van der Waals surface area contributed by atoms with Crippen molar-refractivity contribution >= 4 is 29.1 Å². The molecule has 1 amide bonds. The van der Waals surface area contributed by atoms with Crippen LogP contribution in [0.15, 0.2) is 18.2 Å². The van der Waals surface area contributed by atoms with E-state index in [2.05, 4.69) is 0 Å². The quantitative estimate of drug-likeness (QED) is 0.835. The van der Waals surface area contributed by atoms with Crippen molar-refractivity contribution in [2.24, 2.45) is 0 Å². The Kier molecular flexibility index (Phi) is 4.60. The average molecular weight is 257 g/mol. The normalized spacial score (nSPS) is 9.62. The van der Waals surface area contributed by atoms with Gasteiger partial charge in [-0.2, -0.15) is 5.26 Å². The Hall–Kier alpha value is -1.24. The third kappa shape index (κ3) is 3.41. The molecule has 0 aliphatic rings. The summed E-state index contributed by atoms with van der Waals surface area (Å²) in [7, 11) is 1.64. The first-order chi connectivity index (χ1) is 7.54. The van der Waals surface area contributed by atoms with Crippen molar-refractivity contribution in [3.63, 3.8) is 0 Å². The Labute approximate surface area is 104 Å². The molecule has 0 radical (unpaired) electrons. The number of rotatable bonds is 3. The van der Waals surface area contributed by atoms with Crippen LogP contribution in [-0.2, 0) is 11.3 Å². The van der Waals surface area contributed by atoms with Crippen LogP contribution in [0, 0.1) is 11.3 Å². The van der Waals surface area contributed by atoms with Crippen molar-refractivity contribution in [3.05, 3.63) is 33.8 Å². The molecule has 16 heavy (non-hydrogen) atoms. The number of amides is 1. The van der Waals surface area contributed by atoms with Gasteiger partial charge in [0.2, 0.25) is 5.91 Å². The maximum Gasteiger partial charge on any atom is 0.236 e. The van der Waals surface area contributed by atoms with Crippen LogP contribution < -0.4 is 0 Å². The summed E-state index contributed by atoms with van der Waals surface area (Å²) in [6.45, 7) is 0.414. The monoisotopic (exact) mass is 256 g/mol. The molecule has 0 aliphatic carbocycles. The van der Waals surface area contributed by atoms with Gasteiger partial charge in [0.15, 0.2) is 0 Å². The molecule has 84 valence electrons. The third-order valence-corrected chi connectivity index (χ3v) is 2.80. The topological polar surface area (TPSA) is 44.1 Å². The van der Waals surface area contributed by atoms with Gasteiger partial charge in [0, 0.05) is 13.6 Å². The molecule has 0 spiro atoms. The van der Waals surface area contributed by atoms with Crippen molar-refractivity contribution in [3.8, 4) is 6.07 Å². The highest BCUT2D eigenvalue weighted by Crippen LogP contribution is 2.23. The van der Waals surface area contributed by atoms with Gasteiger partial charge in [0.25, 0.3) is 0 Å². The molecule has 0 bridgehead atoms. The van der Waals surface area contributed by atoms with Gasteiger partial charge in [-0.05, 0) is 17.7 Å². The molecule has 1 aromatic rings. The van der Waals surface area contributed by atoms with E-state index in [1.165, 1.54) is 4.90 Å². The number of benzene rings is 1. The summed E-state index contributed by atoms with van der Waals surface area (Å²) in [4.78, 5) is 12.8. The van der Waals surface area contributed by atoms with Crippen LogP contribution in [-0.4, -0.2) is 17.9 Å². The standard InChI is InChI=1S/C11H10Cl2N2O/c1-15(11(16)4-5-14)7-8-2-3-9(12)10(13)6-8/h2-3,6H,4,7H2,1H3. The molecule has 0 aromatic heterocycles. The molecule has 0 aliphatic heterocycles. The molecule has 0 saturated heterocycles. The zero-order valence-corrected chi connectivity index (χ0v) is 10.2. The Balaban J connectivity index is 2.70. The van der Waals surface area contributed by atoms with Crippen molar-refractivity contribution in [2.45, 2.75) is 13.0 Å². The van der Waals surface area contributed by atoms with E-state index in [-0.39, 0.29) is 12.3 Å². The zero-order chi connectivity index (χ0) is 12.1. The number of halogens is 2. The van der Waals surface area contributed by atoms with Crippen molar-refractivity contribution in [1.29, 1.82) is 5.26 Å². The smallest absolute Gasteiger partial charge is 0.236 e. The van der Waals surface area contributed by atoms with E-state index in [0.29, 0.717) is 16.6 Å². The molecule has 0 saturated carbocycles. The van der Waals surface area contributed by atoms with E-state index in [1.54, 1.807) is 25.2 Å². The summed E-state index contributed by atoms with van der Waals surface area (Å²) in [5.74, 6) is -0.214.